The summed E-state index contributed by atoms with van der Waals surface area (Å²) < 4.78 is 1.77. The van der Waals surface area contributed by atoms with Crippen LogP contribution in [0.4, 0.5) is 0 Å². The molecule has 0 aliphatic carbocycles. The summed E-state index contributed by atoms with van der Waals surface area (Å²) in [6, 6.07) is 3.47. The molecule has 1 aromatic rings. The van der Waals surface area contributed by atoms with E-state index in [1.165, 1.54) is 5.01 Å². The van der Waals surface area contributed by atoms with Gasteiger partial charge < -0.3 is 9.67 Å². The standard InChI is InChI=1S/C10H13N3O3/c14-10(15)9-2-1-5-13(9)8-3-6-12(11-16)7-4-8/h1-2,5,8H,3-4,6-7H2,(H,14,15). The highest BCUT2D eigenvalue weighted by atomic mass is 16.4. The van der Waals surface area contributed by atoms with E-state index in [2.05, 4.69) is 5.29 Å². The Morgan fingerprint density at radius 2 is 2.12 bits per heavy atom. The number of rotatable bonds is 3. The smallest absolute Gasteiger partial charge is 0.352 e. The third-order valence-electron chi connectivity index (χ3n) is 2.95. The Bertz CT molecular complexity index is 394. The van der Waals surface area contributed by atoms with Gasteiger partial charge in [0, 0.05) is 25.3 Å². The fourth-order valence-corrected chi connectivity index (χ4v) is 2.11. The summed E-state index contributed by atoms with van der Waals surface area (Å²) in [7, 11) is 0. The third-order valence-corrected chi connectivity index (χ3v) is 2.95. The third kappa shape index (κ3) is 1.91. The zero-order chi connectivity index (χ0) is 11.5. The maximum absolute atomic E-state index is 10.9. The lowest BCUT2D eigenvalue weighted by Gasteiger charge is -2.29. The van der Waals surface area contributed by atoms with Crippen molar-refractivity contribution in [3.63, 3.8) is 0 Å². The van der Waals surface area contributed by atoms with E-state index in [-0.39, 0.29) is 6.04 Å². The first kappa shape index (κ1) is 10.7. The van der Waals surface area contributed by atoms with E-state index < -0.39 is 5.97 Å². The molecule has 1 fully saturated rings. The number of nitrogens with zero attached hydrogens (tertiary/aromatic N) is 3. The van der Waals surface area contributed by atoms with E-state index >= 15 is 0 Å². The average Bonchev–Trinajstić information content (AvgIpc) is 2.78. The van der Waals surface area contributed by atoms with Crippen molar-refractivity contribution in [3.05, 3.63) is 28.9 Å². The van der Waals surface area contributed by atoms with Crippen LogP contribution in [0.1, 0.15) is 29.4 Å². The minimum atomic E-state index is -0.916. The van der Waals surface area contributed by atoms with E-state index in [1.54, 1.807) is 22.9 Å². The van der Waals surface area contributed by atoms with Crippen LogP contribution < -0.4 is 0 Å². The molecule has 0 radical (unpaired) electrons. The highest BCUT2D eigenvalue weighted by Gasteiger charge is 2.22. The molecule has 0 aromatic carbocycles. The first-order valence-electron chi connectivity index (χ1n) is 5.20. The number of aromatic carboxylic acids is 1. The van der Waals surface area contributed by atoms with Crippen LogP contribution in [0.2, 0.25) is 0 Å². The van der Waals surface area contributed by atoms with Crippen LogP contribution in [0.3, 0.4) is 0 Å². The van der Waals surface area contributed by atoms with E-state index in [4.69, 9.17) is 5.11 Å². The fraction of sp³-hybridized carbons (Fsp3) is 0.500. The maximum Gasteiger partial charge on any atom is 0.352 e. The zero-order valence-corrected chi connectivity index (χ0v) is 8.74. The molecule has 1 N–H and O–H groups in total. The molecule has 0 spiro atoms. The molecule has 1 saturated heterocycles. The first-order valence-corrected chi connectivity index (χ1v) is 5.20. The van der Waals surface area contributed by atoms with Crippen molar-refractivity contribution >= 4 is 5.97 Å². The summed E-state index contributed by atoms with van der Waals surface area (Å²) in [6.45, 7) is 1.18. The highest BCUT2D eigenvalue weighted by Crippen LogP contribution is 2.24. The minimum absolute atomic E-state index is 0.152. The SMILES string of the molecule is O=NN1CCC(n2cccc2C(=O)O)CC1. The minimum Gasteiger partial charge on any atom is -0.477 e. The van der Waals surface area contributed by atoms with Gasteiger partial charge in [-0.05, 0) is 25.0 Å². The fourth-order valence-electron chi connectivity index (χ4n) is 2.11. The predicted octanol–water partition coefficient (Wildman–Crippen LogP) is 1.50. The molecule has 1 aliphatic heterocycles. The normalized spacial score (nSPS) is 17.4. The van der Waals surface area contributed by atoms with Crippen molar-refractivity contribution in [2.24, 2.45) is 5.29 Å². The van der Waals surface area contributed by atoms with Crippen molar-refractivity contribution in [1.29, 1.82) is 0 Å². The molecule has 16 heavy (non-hydrogen) atoms. The molecule has 2 heterocycles. The lowest BCUT2D eigenvalue weighted by Crippen LogP contribution is -2.31. The van der Waals surface area contributed by atoms with Gasteiger partial charge in [-0.1, -0.05) is 0 Å². The Morgan fingerprint density at radius 1 is 1.44 bits per heavy atom. The molecule has 0 bridgehead atoms. The van der Waals surface area contributed by atoms with Crippen LogP contribution in [0.15, 0.2) is 23.6 Å². The number of carboxylic acids is 1. The number of hydrogen-bond acceptors (Lipinski definition) is 3. The van der Waals surface area contributed by atoms with Crippen molar-refractivity contribution in [3.8, 4) is 0 Å². The van der Waals surface area contributed by atoms with Gasteiger partial charge >= 0.3 is 5.97 Å². The zero-order valence-electron chi connectivity index (χ0n) is 8.74. The molecule has 0 atom stereocenters. The topological polar surface area (TPSA) is 74.9 Å². The average molecular weight is 223 g/mol. The van der Waals surface area contributed by atoms with Crippen molar-refractivity contribution in [2.45, 2.75) is 18.9 Å². The number of nitroso groups, excluding NO2 is 1. The molecule has 0 amide bonds. The number of aromatic nitrogens is 1. The van der Waals surface area contributed by atoms with Gasteiger partial charge in [-0.15, -0.1) is 4.91 Å². The molecule has 2 rings (SSSR count). The van der Waals surface area contributed by atoms with Crippen LogP contribution in [0.5, 0.6) is 0 Å². The van der Waals surface area contributed by atoms with Crippen molar-refractivity contribution in [1.82, 2.24) is 9.58 Å². The van der Waals surface area contributed by atoms with E-state index in [0.717, 1.165) is 12.8 Å². The Balaban J connectivity index is 2.11. The van der Waals surface area contributed by atoms with Crippen LogP contribution in [0, 0.1) is 4.91 Å². The molecule has 0 unspecified atom stereocenters. The van der Waals surface area contributed by atoms with Gasteiger partial charge in [-0.2, -0.15) is 0 Å². The monoisotopic (exact) mass is 223 g/mol. The first-order chi connectivity index (χ1) is 7.72. The summed E-state index contributed by atoms with van der Waals surface area (Å²) >= 11 is 0. The van der Waals surface area contributed by atoms with E-state index in [9.17, 15) is 9.70 Å². The quantitative estimate of drug-likeness (QED) is 0.788. The van der Waals surface area contributed by atoms with Gasteiger partial charge in [-0.25, -0.2) is 4.79 Å². The van der Waals surface area contributed by atoms with Gasteiger partial charge in [0.15, 0.2) is 0 Å². The van der Waals surface area contributed by atoms with Gasteiger partial charge in [0.25, 0.3) is 0 Å². The molecule has 1 aliphatic rings. The summed E-state index contributed by atoms with van der Waals surface area (Å²) in [4.78, 5) is 21.2. The van der Waals surface area contributed by atoms with E-state index in [0.29, 0.717) is 18.8 Å². The molecule has 6 nitrogen and oxygen atoms in total. The van der Waals surface area contributed by atoms with Crippen LogP contribution in [-0.2, 0) is 0 Å². The maximum atomic E-state index is 10.9. The van der Waals surface area contributed by atoms with Crippen molar-refractivity contribution < 1.29 is 9.90 Å². The van der Waals surface area contributed by atoms with Gasteiger partial charge in [-0.3, -0.25) is 5.01 Å². The Labute approximate surface area is 92.4 Å². The largest absolute Gasteiger partial charge is 0.477 e. The number of hydrogen-bond donors (Lipinski definition) is 1. The van der Waals surface area contributed by atoms with Gasteiger partial charge in [0.05, 0.1) is 5.29 Å². The Hall–Kier alpha value is -1.85. The summed E-state index contributed by atoms with van der Waals surface area (Å²) in [6.07, 6.45) is 3.28. The van der Waals surface area contributed by atoms with Gasteiger partial charge in [0.1, 0.15) is 5.69 Å². The number of carbonyl (C=O) groups is 1. The molecule has 0 saturated carbocycles. The van der Waals surface area contributed by atoms with Crippen LogP contribution in [-0.4, -0.2) is 33.7 Å². The van der Waals surface area contributed by atoms with Crippen molar-refractivity contribution in [2.75, 3.05) is 13.1 Å². The molecule has 6 heteroatoms. The second kappa shape index (κ2) is 4.34. The molecule has 1 aromatic heterocycles. The highest BCUT2D eigenvalue weighted by molar-refractivity contribution is 5.85. The number of carboxylic acid groups (broad SMARTS) is 1. The van der Waals surface area contributed by atoms with Crippen LogP contribution >= 0.6 is 0 Å². The van der Waals surface area contributed by atoms with Crippen LogP contribution in [0.25, 0.3) is 0 Å². The molecule has 86 valence electrons. The Morgan fingerprint density at radius 3 is 2.69 bits per heavy atom. The number of piperidine rings is 1. The van der Waals surface area contributed by atoms with E-state index in [1.807, 2.05) is 0 Å². The molecular formula is C10H13N3O3. The van der Waals surface area contributed by atoms with Gasteiger partial charge in [0.2, 0.25) is 0 Å². The lowest BCUT2D eigenvalue weighted by atomic mass is 10.1. The summed E-state index contributed by atoms with van der Waals surface area (Å²) in [5, 5.41) is 13.3. The summed E-state index contributed by atoms with van der Waals surface area (Å²) in [5.74, 6) is -0.916. The summed E-state index contributed by atoms with van der Waals surface area (Å²) in [5.41, 5.74) is 0.303. The predicted molar refractivity (Wildman–Crippen MR) is 57.0 cm³/mol. The lowest BCUT2D eigenvalue weighted by molar-refractivity contribution is 0.0678. The second-order valence-electron chi connectivity index (χ2n) is 3.87. The Kier molecular flexibility index (Phi) is 2.89. The second-order valence-corrected chi connectivity index (χ2v) is 3.87. The molecular weight excluding hydrogens is 210 g/mol.